The van der Waals surface area contributed by atoms with Crippen molar-refractivity contribution in [1.82, 2.24) is 4.98 Å². The molecule has 1 aromatic heterocycles. The van der Waals surface area contributed by atoms with Crippen molar-refractivity contribution < 1.29 is 32.4 Å². The minimum Gasteiger partial charge on any atom is -0.626 e. The molecule has 0 saturated carbocycles. The average Bonchev–Trinajstić information content (AvgIpc) is 3.79. The summed E-state index contributed by atoms with van der Waals surface area (Å²) in [6, 6.07) is 19.1. The molecule has 6 nitrogen and oxygen atoms in total. The third-order valence-corrected chi connectivity index (χ3v) is 8.56. The highest BCUT2D eigenvalue weighted by molar-refractivity contribution is 6.53. The predicted octanol–water partition coefficient (Wildman–Crippen LogP) is 9.27. The van der Waals surface area contributed by atoms with Crippen molar-refractivity contribution in [3.05, 3.63) is 102 Å². The van der Waals surface area contributed by atoms with E-state index >= 15 is 0 Å². The molecule has 2 N–H and O–H groups in total. The molecule has 0 atom stereocenters. The summed E-state index contributed by atoms with van der Waals surface area (Å²) >= 11 is 0. The van der Waals surface area contributed by atoms with Crippen LogP contribution in [0.1, 0.15) is 102 Å². The molecule has 2 aromatic carbocycles. The standard InChI is InChI=1S/C39H48BF2N2O4/c1-3-5-7-9-11-13-27-45-32-19-15-30(16-20-32)34-23-25-36(43-34)38-29-39(48-40(41,42)47-38)37-26-24-35(44-37)31-17-21-33(22-18-31)46-28-14-12-10-8-6-4-2/h15-26,29,43H,3-14,27-28H2,1-2H3/q-1/p+1/b39-37-. The Hall–Kier alpha value is -4.27. The summed E-state index contributed by atoms with van der Waals surface area (Å²) in [6.45, 7) is 5.84. The van der Waals surface area contributed by atoms with Crippen molar-refractivity contribution in [3.8, 4) is 22.8 Å². The second kappa shape index (κ2) is 17.8. The monoisotopic (exact) mass is 658 g/mol. The van der Waals surface area contributed by atoms with Gasteiger partial charge in [0.05, 0.1) is 18.9 Å². The van der Waals surface area contributed by atoms with Crippen molar-refractivity contribution in [3.63, 3.8) is 0 Å². The highest BCUT2D eigenvalue weighted by Gasteiger charge is 2.40. The minimum atomic E-state index is -4.57. The maximum Gasteiger partial charge on any atom is 0.726 e. The van der Waals surface area contributed by atoms with E-state index in [1.807, 2.05) is 60.7 Å². The maximum absolute atomic E-state index is 14.7. The first-order valence-corrected chi connectivity index (χ1v) is 17.8. The molecule has 3 heterocycles. The molecule has 256 valence electrons. The topological polar surface area (TPSA) is 66.7 Å². The van der Waals surface area contributed by atoms with Crippen LogP contribution in [0.4, 0.5) is 8.63 Å². The van der Waals surface area contributed by atoms with Crippen LogP contribution in [-0.4, -0.2) is 31.0 Å². The molecular formula is C39H49BF2N2O4. The van der Waals surface area contributed by atoms with Gasteiger partial charge in [0.1, 0.15) is 17.3 Å². The van der Waals surface area contributed by atoms with Gasteiger partial charge in [-0.1, -0.05) is 78.1 Å². The van der Waals surface area contributed by atoms with Gasteiger partial charge >= 0.3 is 7.11 Å². The normalized spacial score (nSPS) is 16.7. The Labute approximate surface area is 284 Å². The zero-order chi connectivity index (χ0) is 33.6. The molecule has 0 amide bonds. The van der Waals surface area contributed by atoms with E-state index < -0.39 is 7.11 Å². The van der Waals surface area contributed by atoms with Gasteiger partial charge in [0, 0.05) is 29.5 Å². The molecule has 0 radical (unpaired) electrons. The van der Waals surface area contributed by atoms with E-state index in [9.17, 15) is 8.63 Å². The third-order valence-electron chi connectivity index (χ3n) is 8.56. The van der Waals surface area contributed by atoms with E-state index in [0.29, 0.717) is 24.6 Å². The molecule has 9 heteroatoms. The predicted molar refractivity (Wildman–Crippen MR) is 190 cm³/mol. The Kier molecular flexibility index (Phi) is 13.0. The number of unbranched alkanes of at least 4 members (excludes halogenated alkanes) is 10. The molecule has 0 saturated heterocycles. The number of H-pyrrole nitrogens is 1. The number of allylic oxidation sites excluding steroid dienone is 3. The number of hydrogen-bond donors (Lipinski definition) is 2. The summed E-state index contributed by atoms with van der Waals surface area (Å²) in [4.78, 5) is 6.44. The molecule has 2 aliphatic heterocycles. The lowest BCUT2D eigenvalue weighted by molar-refractivity contribution is -0.388. The highest BCUT2D eigenvalue weighted by atomic mass is 19.3. The fraction of sp³-hybridized carbons (Fsp3) is 0.410. The molecular weight excluding hydrogens is 609 g/mol. The zero-order valence-electron chi connectivity index (χ0n) is 28.4. The minimum absolute atomic E-state index is 0.00871. The van der Waals surface area contributed by atoms with Gasteiger partial charge < -0.3 is 32.4 Å². The Morgan fingerprint density at radius 2 is 1.17 bits per heavy atom. The van der Waals surface area contributed by atoms with E-state index in [-0.39, 0.29) is 11.5 Å². The molecule has 2 aliphatic rings. The lowest BCUT2D eigenvalue weighted by Crippen LogP contribution is -2.68. The van der Waals surface area contributed by atoms with Crippen molar-refractivity contribution >= 4 is 18.6 Å². The maximum atomic E-state index is 14.7. The van der Waals surface area contributed by atoms with E-state index in [4.69, 9.17) is 18.8 Å². The first-order chi connectivity index (χ1) is 23.4. The SMILES string of the molecule is CCCCCCCCOc1ccc(C2=[NH+]/C(=C3/C=C(c4ccc(-c5ccc(OCCCCCCCC)cc5)[nH]4)O[B-](F)(F)O3)C=C2)cc1. The van der Waals surface area contributed by atoms with Crippen LogP contribution in [0.3, 0.4) is 0 Å². The van der Waals surface area contributed by atoms with Crippen molar-refractivity contribution in [2.75, 3.05) is 13.2 Å². The quantitative estimate of drug-likeness (QED) is 0.0996. The largest absolute Gasteiger partial charge is 0.726 e. The summed E-state index contributed by atoms with van der Waals surface area (Å²) in [5.41, 5.74) is 4.24. The smallest absolute Gasteiger partial charge is 0.626 e. The summed E-state index contributed by atoms with van der Waals surface area (Å²) in [6.07, 6.45) is 19.7. The van der Waals surface area contributed by atoms with Crippen LogP contribution in [0.2, 0.25) is 0 Å². The number of halogens is 2. The van der Waals surface area contributed by atoms with Gasteiger partial charge in [-0.15, -0.1) is 0 Å². The summed E-state index contributed by atoms with van der Waals surface area (Å²) in [5.74, 6) is 1.65. The molecule has 3 aromatic rings. The van der Waals surface area contributed by atoms with Gasteiger partial charge in [0.15, 0.2) is 5.76 Å². The fourth-order valence-corrected chi connectivity index (χ4v) is 5.81. The van der Waals surface area contributed by atoms with Crippen LogP contribution in [-0.2, 0) is 9.31 Å². The lowest BCUT2D eigenvalue weighted by Gasteiger charge is -2.33. The Bertz CT molecular complexity index is 1580. The summed E-state index contributed by atoms with van der Waals surface area (Å²) < 4.78 is 51.3. The number of aromatic amines is 1. The number of rotatable bonds is 19. The Morgan fingerprint density at radius 3 is 1.77 bits per heavy atom. The second-order valence-electron chi connectivity index (χ2n) is 12.5. The van der Waals surface area contributed by atoms with Crippen molar-refractivity contribution in [2.24, 2.45) is 0 Å². The van der Waals surface area contributed by atoms with E-state index in [1.54, 1.807) is 12.1 Å². The van der Waals surface area contributed by atoms with Gasteiger partial charge in [-0.3, -0.25) is 0 Å². The lowest BCUT2D eigenvalue weighted by atomic mass is 10.1. The van der Waals surface area contributed by atoms with E-state index in [2.05, 4.69) is 23.8 Å². The second-order valence-corrected chi connectivity index (χ2v) is 12.5. The third kappa shape index (κ3) is 10.4. The first-order valence-electron chi connectivity index (χ1n) is 17.8. The number of benzene rings is 2. The Morgan fingerprint density at radius 1 is 0.625 bits per heavy atom. The van der Waals surface area contributed by atoms with Crippen LogP contribution in [0, 0.1) is 0 Å². The number of aromatic nitrogens is 1. The molecule has 0 unspecified atom stereocenters. The molecule has 5 rings (SSSR count). The van der Waals surface area contributed by atoms with E-state index in [0.717, 1.165) is 46.9 Å². The van der Waals surface area contributed by atoms with Crippen molar-refractivity contribution in [2.45, 2.75) is 90.9 Å². The number of nitrogens with one attached hydrogen (secondary N) is 2. The summed E-state index contributed by atoms with van der Waals surface area (Å²) in [7, 11) is -4.57. The number of ether oxygens (including phenoxy) is 2. The number of hydrogen-bond acceptors (Lipinski definition) is 4. The fourth-order valence-electron chi connectivity index (χ4n) is 5.81. The summed E-state index contributed by atoms with van der Waals surface area (Å²) in [5, 5.41) is 0. The van der Waals surface area contributed by atoms with Crippen LogP contribution >= 0.6 is 0 Å². The van der Waals surface area contributed by atoms with Crippen LogP contribution in [0.15, 0.2) is 90.3 Å². The van der Waals surface area contributed by atoms with Crippen molar-refractivity contribution in [1.29, 1.82) is 0 Å². The van der Waals surface area contributed by atoms with Gasteiger partial charge in [-0.2, -0.15) is 0 Å². The van der Waals surface area contributed by atoms with Gasteiger partial charge in [0.25, 0.3) is 0 Å². The first kappa shape index (κ1) is 35.1. The van der Waals surface area contributed by atoms with Gasteiger partial charge in [-0.25, -0.2) is 4.99 Å². The average molecular weight is 659 g/mol. The molecule has 0 bridgehead atoms. The van der Waals surface area contributed by atoms with E-state index in [1.165, 1.54) is 70.3 Å². The molecule has 0 fully saturated rings. The van der Waals surface area contributed by atoms with Crippen LogP contribution < -0.4 is 14.5 Å². The van der Waals surface area contributed by atoms with Gasteiger partial charge in [-0.05, 0) is 79.1 Å². The highest BCUT2D eigenvalue weighted by Crippen LogP contribution is 2.34. The van der Waals surface area contributed by atoms with Gasteiger partial charge in [0.2, 0.25) is 11.4 Å². The van der Waals surface area contributed by atoms with Crippen LogP contribution in [0.5, 0.6) is 11.5 Å². The molecule has 0 spiro atoms. The molecule has 48 heavy (non-hydrogen) atoms. The van der Waals surface area contributed by atoms with Crippen LogP contribution in [0.25, 0.3) is 17.0 Å². The zero-order valence-corrected chi connectivity index (χ0v) is 28.4. The molecule has 0 aliphatic carbocycles. The Balaban J connectivity index is 1.19.